The van der Waals surface area contributed by atoms with E-state index < -0.39 is 9.84 Å². The van der Waals surface area contributed by atoms with E-state index in [1.807, 2.05) is 19.1 Å². The Morgan fingerprint density at radius 1 is 1.50 bits per heavy atom. The molecule has 0 radical (unpaired) electrons. The molecule has 0 saturated carbocycles. The summed E-state index contributed by atoms with van der Waals surface area (Å²) in [6.45, 7) is 2.60. The Morgan fingerprint density at radius 3 is 2.88 bits per heavy atom. The van der Waals surface area contributed by atoms with Gasteiger partial charge >= 0.3 is 0 Å². The lowest BCUT2D eigenvalue weighted by Crippen LogP contribution is -2.15. The highest BCUT2D eigenvalue weighted by Crippen LogP contribution is 2.43. The van der Waals surface area contributed by atoms with Crippen LogP contribution in [0.15, 0.2) is 29.2 Å². The van der Waals surface area contributed by atoms with Crippen molar-refractivity contribution in [3.05, 3.63) is 29.8 Å². The fraction of sp³-hybridized carbons (Fsp3) is 0.455. The maximum Gasteiger partial charge on any atom is 0.180 e. The monoisotopic (exact) mass is 257 g/mol. The highest BCUT2D eigenvalue weighted by Gasteiger charge is 2.35. The summed E-state index contributed by atoms with van der Waals surface area (Å²) in [4.78, 5) is 0.497. The Balaban J connectivity index is 2.34. The Labute approximate surface area is 100 Å². The van der Waals surface area contributed by atoms with Gasteiger partial charge in [-0.15, -0.1) is 11.8 Å². The molecule has 1 aliphatic heterocycles. The molecule has 88 valence electrons. The van der Waals surface area contributed by atoms with Crippen molar-refractivity contribution in [3.63, 3.8) is 0 Å². The first-order valence-electron chi connectivity index (χ1n) is 5.22. The van der Waals surface area contributed by atoms with E-state index in [0.717, 1.165) is 5.56 Å². The molecular formula is C11H15NO2S2. The van der Waals surface area contributed by atoms with E-state index in [-0.39, 0.29) is 16.3 Å². The lowest BCUT2D eigenvalue weighted by Gasteiger charge is -2.14. The van der Waals surface area contributed by atoms with Gasteiger partial charge in [-0.3, -0.25) is 0 Å². The Bertz CT molecular complexity index is 485. The zero-order valence-corrected chi connectivity index (χ0v) is 10.7. The van der Waals surface area contributed by atoms with Gasteiger partial charge in [-0.1, -0.05) is 25.1 Å². The summed E-state index contributed by atoms with van der Waals surface area (Å²) in [6.07, 6.45) is 0. The quantitative estimate of drug-likeness (QED) is 0.893. The van der Waals surface area contributed by atoms with Crippen molar-refractivity contribution in [2.24, 2.45) is 5.73 Å². The molecule has 0 aliphatic carbocycles. The minimum Gasteiger partial charge on any atom is -0.329 e. The molecule has 2 atom stereocenters. The molecule has 5 heteroatoms. The second kappa shape index (κ2) is 4.39. The van der Waals surface area contributed by atoms with E-state index >= 15 is 0 Å². The third-order valence-corrected chi connectivity index (χ3v) is 6.13. The highest BCUT2D eigenvalue weighted by molar-refractivity contribution is 8.02. The van der Waals surface area contributed by atoms with Gasteiger partial charge in [0.1, 0.15) is 0 Å². The van der Waals surface area contributed by atoms with Gasteiger partial charge in [0.2, 0.25) is 0 Å². The molecule has 2 unspecified atom stereocenters. The predicted molar refractivity (Wildman–Crippen MR) is 67.3 cm³/mol. The van der Waals surface area contributed by atoms with Crippen LogP contribution in [0.4, 0.5) is 0 Å². The molecular weight excluding hydrogens is 242 g/mol. The molecule has 16 heavy (non-hydrogen) atoms. The summed E-state index contributed by atoms with van der Waals surface area (Å²) in [5, 5.41) is 0.325. The number of hydrogen-bond donors (Lipinski definition) is 1. The fourth-order valence-electron chi connectivity index (χ4n) is 1.86. The number of fused-ring (bicyclic) bond motifs is 1. The molecule has 1 aliphatic rings. The second-order valence-corrected chi connectivity index (χ2v) is 7.64. The van der Waals surface area contributed by atoms with Crippen molar-refractivity contribution >= 4 is 21.6 Å². The van der Waals surface area contributed by atoms with Crippen LogP contribution in [0.2, 0.25) is 0 Å². The largest absolute Gasteiger partial charge is 0.329 e. The molecule has 0 bridgehead atoms. The number of hydrogen-bond acceptors (Lipinski definition) is 4. The third-order valence-electron chi connectivity index (χ3n) is 2.70. The summed E-state index contributed by atoms with van der Waals surface area (Å²) in [5.74, 6) is 0.210. The first kappa shape index (κ1) is 12.0. The van der Waals surface area contributed by atoms with E-state index in [1.54, 1.807) is 23.9 Å². The number of sulfone groups is 1. The van der Waals surface area contributed by atoms with Crippen LogP contribution in [0.25, 0.3) is 0 Å². The van der Waals surface area contributed by atoms with Crippen molar-refractivity contribution in [2.45, 2.75) is 22.3 Å². The van der Waals surface area contributed by atoms with Crippen molar-refractivity contribution < 1.29 is 8.42 Å². The Morgan fingerprint density at radius 2 is 2.19 bits per heavy atom. The molecule has 0 saturated heterocycles. The fourth-order valence-corrected chi connectivity index (χ4v) is 5.42. The molecule has 0 spiro atoms. The van der Waals surface area contributed by atoms with Crippen LogP contribution in [0, 0.1) is 0 Å². The third kappa shape index (κ3) is 2.12. The number of rotatable bonds is 3. The van der Waals surface area contributed by atoms with Gasteiger partial charge in [-0.2, -0.15) is 0 Å². The second-order valence-electron chi connectivity index (χ2n) is 3.99. The van der Waals surface area contributed by atoms with Gasteiger partial charge in [-0.25, -0.2) is 8.42 Å². The van der Waals surface area contributed by atoms with Crippen LogP contribution in [0.3, 0.4) is 0 Å². The van der Waals surface area contributed by atoms with Crippen LogP contribution >= 0.6 is 11.8 Å². The average Bonchev–Trinajstić information content (AvgIpc) is 2.51. The topological polar surface area (TPSA) is 60.2 Å². The van der Waals surface area contributed by atoms with Crippen LogP contribution in [0.5, 0.6) is 0 Å². The molecule has 1 aromatic rings. The molecule has 1 aromatic carbocycles. The standard InChI is InChI=1S/C11H15NO2S2/c1-8(6-12)15-10-7-16(13,14)11-5-3-2-4-9(10)11/h2-5,8,10H,6-7,12H2,1H3. The van der Waals surface area contributed by atoms with Gasteiger partial charge in [0.05, 0.1) is 10.6 Å². The molecule has 2 N–H and O–H groups in total. The van der Waals surface area contributed by atoms with Crippen LogP contribution in [0.1, 0.15) is 17.7 Å². The smallest absolute Gasteiger partial charge is 0.180 e. The summed E-state index contributed by atoms with van der Waals surface area (Å²) in [7, 11) is -3.07. The minimum atomic E-state index is -3.07. The molecule has 0 fully saturated rings. The van der Waals surface area contributed by atoms with E-state index in [4.69, 9.17) is 5.73 Å². The van der Waals surface area contributed by atoms with Crippen molar-refractivity contribution in [2.75, 3.05) is 12.3 Å². The van der Waals surface area contributed by atoms with Crippen LogP contribution in [-0.4, -0.2) is 26.0 Å². The molecule has 2 rings (SSSR count). The Hall–Kier alpha value is -0.520. The van der Waals surface area contributed by atoms with Crippen LogP contribution < -0.4 is 5.73 Å². The number of benzene rings is 1. The molecule has 0 amide bonds. The van der Waals surface area contributed by atoms with Crippen molar-refractivity contribution in [1.29, 1.82) is 0 Å². The van der Waals surface area contributed by atoms with E-state index in [0.29, 0.717) is 11.4 Å². The van der Waals surface area contributed by atoms with E-state index in [1.165, 1.54) is 0 Å². The normalized spacial score (nSPS) is 24.0. The predicted octanol–water partition coefficient (Wildman–Crippen LogP) is 1.60. The van der Waals surface area contributed by atoms with Gasteiger partial charge in [-0.05, 0) is 11.6 Å². The Kier molecular flexibility index (Phi) is 3.28. The van der Waals surface area contributed by atoms with Crippen molar-refractivity contribution in [3.8, 4) is 0 Å². The van der Waals surface area contributed by atoms with Gasteiger partial charge in [0, 0.05) is 17.0 Å². The van der Waals surface area contributed by atoms with E-state index in [9.17, 15) is 8.42 Å². The zero-order valence-electron chi connectivity index (χ0n) is 9.09. The summed E-state index contributed by atoms with van der Waals surface area (Å²) >= 11 is 1.65. The van der Waals surface area contributed by atoms with Crippen molar-refractivity contribution in [1.82, 2.24) is 0 Å². The summed E-state index contributed by atoms with van der Waals surface area (Å²) in [5.41, 5.74) is 6.51. The van der Waals surface area contributed by atoms with Gasteiger partial charge < -0.3 is 5.73 Å². The maximum atomic E-state index is 11.9. The molecule has 1 heterocycles. The van der Waals surface area contributed by atoms with Gasteiger partial charge in [0.15, 0.2) is 9.84 Å². The molecule has 0 aromatic heterocycles. The first-order chi connectivity index (χ1) is 7.54. The summed E-state index contributed by atoms with van der Waals surface area (Å²) < 4.78 is 23.8. The SMILES string of the molecule is CC(CN)SC1CS(=O)(=O)c2ccccc21. The first-order valence-corrected chi connectivity index (χ1v) is 7.81. The minimum absolute atomic E-state index is 0.0414. The van der Waals surface area contributed by atoms with Gasteiger partial charge in [0.25, 0.3) is 0 Å². The number of nitrogens with two attached hydrogens (primary N) is 1. The molecule has 3 nitrogen and oxygen atoms in total. The lowest BCUT2D eigenvalue weighted by molar-refractivity contribution is 0.600. The van der Waals surface area contributed by atoms with Crippen LogP contribution in [-0.2, 0) is 9.84 Å². The zero-order chi connectivity index (χ0) is 11.8. The highest BCUT2D eigenvalue weighted by atomic mass is 32.2. The summed E-state index contributed by atoms with van der Waals surface area (Å²) in [6, 6.07) is 7.26. The average molecular weight is 257 g/mol. The number of thioether (sulfide) groups is 1. The lowest BCUT2D eigenvalue weighted by atomic mass is 10.2. The van der Waals surface area contributed by atoms with E-state index in [2.05, 4.69) is 0 Å². The maximum absolute atomic E-state index is 11.9.